The van der Waals surface area contributed by atoms with Crippen LogP contribution in [0.25, 0.3) is 0 Å². The Hall–Kier alpha value is -2.20. The molecular formula is C16H19NO3. The normalized spacial score (nSPS) is 11.8. The number of hydrogen-bond donors (Lipinski definition) is 2. The van der Waals surface area contributed by atoms with Gasteiger partial charge >= 0.3 is 0 Å². The van der Waals surface area contributed by atoms with Crippen LogP contribution in [0.5, 0.6) is 11.5 Å². The van der Waals surface area contributed by atoms with E-state index in [1.165, 1.54) is 0 Å². The molecule has 1 atom stereocenters. The van der Waals surface area contributed by atoms with Gasteiger partial charge < -0.3 is 19.9 Å². The van der Waals surface area contributed by atoms with Crippen LogP contribution in [-0.4, -0.2) is 25.9 Å². The third-order valence-electron chi connectivity index (χ3n) is 3.13. The Balaban J connectivity index is 2.10. The van der Waals surface area contributed by atoms with Gasteiger partial charge in [0.2, 0.25) is 0 Å². The van der Waals surface area contributed by atoms with Crippen molar-refractivity contribution in [1.82, 2.24) is 0 Å². The van der Waals surface area contributed by atoms with Crippen molar-refractivity contribution < 1.29 is 14.6 Å². The molecule has 0 aromatic heterocycles. The van der Waals surface area contributed by atoms with Crippen LogP contribution in [0.15, 0.2) is 48.5 Å². The zero-order valence-corrected chi connectivity index (χ0v) is 11.7. The van der Waals surface area contributed by atoms with E-state index in [2.05, 4.69) is 5.32 Å². The van der Waals surface area contributed by atoms with Gasteiger partial charge in [0.25, 0.3) is 0 Å². The monoisotopic (exact) mass is 273 g/mol. The van der Waals surface area contributed by atoms with Gasteiger partial charge in [0.05, 0.1) is 26.9 Å². The van der Waals surface area contributed by atoms with Gasteiger partial charge in [-0.25, -0.2) is 0 Å². The van der Waals surface area contributed by atoms with E-state index >= 15 is 0 Å². The van der Waals surface area contributed by atoms with Gasteiger partial charge in [0.1, 0.15) is 11.5 Å². The highest BCUT2D eigenvalue weighted by Crippen LogP contribution is 2.23. The number of aliphatic hydroxyl groups is 1. The van der Waals surface area contributed by atoms with Crippen molar-refractivity contribution >= 4 is 5.69 Å². The first-order chi connectivity index (χ1) is 9.76. The Morgan fingerprint density at radius 1 is 0.900 bits per heavy atom. The molecule has 0 saturated carbocycles. The summed E-state index contributed by atoms with van der Waals surface area (Å²) in [6, 6.07) is 15.1. The first-order valence-corrected chi connectivity index (χ1v) is 6.42. The van der Waals surface area contributed by atoms with E-state index in [4.69, 9.17) is 9.47 Å². The summed E-state index contributed by atoms with van der Waals surface area (Å²) in [5.74, 6) is 1.61. The average Bonchev–Trinajstić information content (AvgIpc) is 2.53. The van der Waals surface area contributed by atoms with Gasteiger partial charge in [-0.3, -0.25) is 0 Å². The number of methoxy groups -OCH3 is 2. The van der Waals surface area contributed by atoms with Crippen molar-refractivity contribution in [2.24, 2.45) is 0 Å². The summed E-state index contributed by atoms with van der Waals surface area (Å²) in [5, 5.41) is 12.8. The Morgan fingerprint density at radius 2 is 1.40 bits per heavy atom. The highest BCUT2D eigenvalue weighted by Gasteiger charge is 2.10. The number of benzene rings is 2. The molecule has 0 saturated heterocycles. The summed E-state index contributed by atoms with van der Waals surface area (Å²) in [4.78, 5) is 0. The molecule has 2 aromatic rings. The van der Waals surface area contributed by atoms with Crippen LogP contribution < -0.4 is 14.8 Å². The lowest BCUT2D eigenvalue weighted by Gasteiger charge is -2.18. The minimum Gasteiger partial charge on any atom is -0.497 e. The molecule has 2 N–H and O–H groups in total. The van der Waals surface area contributed by atoms with Crippen LogP contribution in [0.1, 0.15) is 11.6 Å². The molecule has 0 radical (unpaired) electrons. The maximum atomic E-state index is 9.55. The molecule has 0 amide bonds. The van der Waals surface area contributed by atoms with E-state index in [1.807, 2.05) is 48.5 Å². The summed E-state index contributed by atoms with van der Waals surface area (Å²) in [6.07, 6.45) is 0. The van der Waals surface area contributed by atoms with Crippen LogP contribution in [0, 0.1) is 0 Å². The van der Waals surface area contributed by atoms with E-state index in [0.717, 1.165) is 22.7 Å². The third-order valence-corrected chi connectivity index (χ3v) is 3.13. The van der Waals surface area contributed by atoms with Gasteiger partial charge in [-0.2, -0.15) is 0 Å². The van der Waals surface area contributed by atoms with E-state index < -0.39 is 0 Å². The topological polar surface area (TPSA) is 50.7 Å². The van der Waals surface area contributed by atoms with Crippen molar-refractivity contribution in [2.75, 3.05) is 26.1 Å². The number of aliphatic hydroxyl groups excluding tert-OH is 1. The number of anilines is 1. The van der Waals surface area contributed by atoms with Crippen LogP contribution in [0.3, 0.4) is 0 Å². The largest absolute Gasteiger partial charge is 0.497 e. The Bertz CT molecular complexity index is 522. The molecule has 0 bridgehead atoms. The van der Waals surface area contributed by atoms with Gasteiger partial charge in [-0.05, 0) is 42.0 Å². The van der Waals surface area contributed by atoms with Gasteiger partial charge in [-0.15, -0.1) is 0 Å². The van der Waals surface area contributed by atoms with Crippen molar-refractivity contribution in [3.63, 3.8) is 0 Å². The Morgan fingerprint density at radius 3 is 1.85 bits per heavy atom. The molecule has 0 aliphatic heterocycles. The summed E-state index contributed by atoms with van der Waals surface area (Å²) in [6.45, 7) is 0.0123. The molecular weight excluding hydrogens is 254 g/mol. The zero-order chi connectivity index (χ0) is 14.4. The zero-order valence-electron chi connectivity index (χ0n) is 11.7. The molecule has 20 heavy (non-hydrogen) atoms. The lowest BCUT2D eigenvalue weighted by molar-refractivity contribution is 0.276. The van der Waals surface area contributed by atoms with Gasteiger partial charge in [-0.1, -0.05) is 12.1 Å². The number of rotatable bonds is 6. The molecule has 0 aliphatic rings. The fraction of sp³-hybridized carbons (Fsp3) is 0.250. The number of ether oxygens (including phenoxy) is 2. The van der Waals surface area contributed by atoms with E-state index in [9.17, 15) is 5.11 Å². The van der Waals surface area contributed by atoms with Crippen LogP contribution in [-0.2, 0) is 0 Å². The fourth-order valence-electron chi connectivity index (χ4n) is 1.96. The molecule has 0 aliphatic carbocycles. The quantitative estimate of drug-likeness (QED) is 0.849. The molecule has 0 heterocycles. The van der Waals surface area contributed by atoms with Crippen molar-refractivity contribution in [2.45, 2.75) is 6.04 Å². The molecule has 4 nitrogen and oxygen atoms in total. The minimum absolute atomic E-state index is 0.0123. The second kappa shape index (κ2) is 6.82. The predicted octanol–water partition coefficient (Wildman–Crippen LogP) is 2.85. The molecule has 2 aromatic carbocycles. The molecule has 1 unspecified atom stereocenters. The first kappa shape index (κ1) is 14.2. The summed E-state index contributed by atoms with van der Waals surface area (Å²) in [7, 11) is 3.27. The van der Waals surface area contributed by atoms with E-state index in [1.54, 1.807) is 14.2 Å². The van der Waals surface area contributed by atoms with Gasteiger partial charge in [0.15, 0.2) is 0 Å². The second-order valence-electron chi connectivity index (χ2n) is 4.38. The lowest BCUT2D eigenvalue weighted by atomic mass is 10.1. The molecule has 0 fully saturated rings. The predicted molar refractivity (Wildman–Crippen MR) is 79.4 cm³/mol. The molecule has 2 rings (SSSR count). The maximum Gasteiger partial charge on any atom is 0.119 e. The molecule has 0 spiro atoms. The fourth-order valence-corrected chi connectivity index (χ4v) is 1.96. The van der Waals surface area contributed by atoms with Crippen molar-refractivity contribution in [3.05, 3.63) is 54.1 Å². The van der Waals surface area contributed by atoms with Crippen molar-refractivity contribution in [1.29, 1.82) is 0 Å². The Labute approximate surface area is 119 Å². The van der Waals surface area contributed by atoms with Crippen LogP contribution in [0.2, 0.25) is 0 Å². The number of nitrogens with one attached hydrogen (secondary N) is 1. The smallest absolute Gasteiger partial charge is 0.119 e. The summed E-state index contributed by atoms with van der Waals surface area (Å²) in [5.41, 5.74) is 1.93. The van der Waals surface area contributed by atoms with Crippen molar-refractivity contribution in [3.8, 4) is 11.5 Å². The minimum atomic E-state index is -0.158. The van der Waals surface area contributed by atoms with E-state index in [-0.39, 0.29) is 12.6 Å². The van der Waals surface area contributed by atoms with Crippen LogP contribution in [0.4, 0.5) is 5.69 Å². The summed E-state index contributed by atoms with van der Waals surface area (Å²) >= 11 is 0. The highest BCUT2D eigenvalue weighted by atomic mass is 16.5. The average molecular weight is 273 g/mol. The second-order valence-corrected chi connectivity index (χ2v) is 4.38. The lowest BCUT2D eigenvalue weighted by Crippen LogP contribution is -2.14. The summed E-state index contributed by atoms with van der Waals surface area (Å²) < 4.78 is 10.2. The van der Waals surface area contributed by atoms with Crippen LogP contribution >= 0.6 is 0 Å². The SMILES string of the molecule is COc1ccc(NC(CO)c2ccc(OC)cc2)cc1. The molecule has 106 valence electrons. The third kappa shape index (κ3) is 3.42. The highest BCUT2D eigenvalue weighted by molar-refractivity contribution is 5.48. The van der Waals surface area contributed by atoms with E-state index in [0.29, 0.717) is 0 Å². The Kier molecular flexibility index (Phi) is 4.85. The number of hydrogen-bond acceptors (Lipinski definition) is 4. The van der Waals surface area contributed by atoms with Gasteiger partial charge in [0, 0.05) is 5.69 Å². The first-order valence-electron chi connectivity index (χ1n) is 6.42. The maximum absolute atomic E-state index is 9.55. The molecule has 4 heteroatoms. The standard InChI is InChI=1S/C16H19NO3/c1-19-14-7-3-12(4-8-14)16(11-18)17-13-5-9-15(20-2)10-6-13/h3-10,16-18H,11H2,1-2H3.